The van der Waals surface area contributed by atoms with Crippen LogP contribution in [0, 0.1) is 0 Å². The lowest BCUT2D eigenvalue weighted by Crippen LogP contribution is -2.07. The first kappa shape index (κ1) is 22.7. The van der Waals surface area contributed by atoms with E-state index >= 15 is 0 Å². The van der Waals surface area contributed by atoms with Crippen LogP contribution in [0.2, 0.25) is 0 Å². The number of alkyl halides is 3. The molecular weight excluding hydrogens is 477 g/mol. The fourth-order valence-corrected chi connectivity index (χ4v) is 4.18. The van der Waals surface area contributed by atoms with E-state index < -0.39 is 11.7 Å². The standard InChI is InChI=1S/C28H19F3N6/c29-28(30,31)20-9-11-21(12-10-20)34-26-15-24(19-8-7-18-4-3-13-32-23(18)14-19)35-27(36-26)16-37-17-33-22-5-1-2-6-25(22)37/h1-15,17H,16H2,(H,34,35,36). The minimum atomic E-state index is -4.40. The molecule has 0 fully saturated rings. The third kappa shape index (κ3) is 4.71. The van der Waals surface area contributed by atoms with Crippen LogP contribution in [0.15, 0.2) is 97.5 Å². The van der Waals surface area contributed by atoms with Crippen molar-refractivity contribution in [3.8, 4) is 11.3 Å². The van der Waals surface area contributed by atoms with Crippen molar-refractivity contribution in [2.24, 2.45) is 0 Å². The van der Waals surface area contributed by atoms with E-state index in [0.29, 0.717) is 29.6 Å². The summed E-state index contributed by atoms with van der Waals surface area (Å²) in [5, 5.41) is 4.14. The quantitative estimate of drug-likeness (QED) is 0.283. The Bertz CT molecular complexity index is 1720. The van der Waals surface area contributed by atoms with E-state index in [9.17, 15) is 13.2 Å². The Kier molecular flexibility index (Phi) is 5.52. The van der Waals surface area contributed by atoms with Crippen LogP contribution < -0.4 is 5.32 Å². The van der Waals surface area contributed by atoms with Crippen molar-refractivity contribution in [2.75, 3.05) is 5.32 Å². The molecule has 0 saturated heterocycles. The van der Waals surface area contributed by atoms with E-state index in [1.165, 1.54) is 12.1 Å². The van der Waals surface area contributed by atoms with Crippen molar-refractivity contribution < 1.29 is 13.2 Å². The molecule has 0 atom stereocenters. The van der Waals surface area contributed by atoms with Crippen molar-refractivity contribution in [2.45, 2.75) is 12.7 Å². The number of fused-ring (bicyclic) bond motifs is 2. The number of halogens is 3. The highest BCUT2D eigenvalue weighted by Crippen LogP contribution is 2.31. The van der Waals surface area contributed by atoms with Gasteiger partial charge in [0, 0.05) is 28.9 Å². The molecule has 0 bridgehead atoms. The summed E-state index contributed by atoms with van der Waals surface area (Å²) >= 11 is 0. The third-order valence-corrected chi connectivity index (χ3v) is 6.00. The van der Waals surface area contributed by atoms with Crippen molar-refractivity contribution in [3.63, 3.8) is 0 Å². The van der Waals surface area contributed by atoms with E-state index in [0.717, 1.165) is 39.6 Å². The monoisotopic (exact) mass is 496 g/mol. The number of benzene rings is 3. The van der Waals surface area contributed by atoms with Crippen LogP contribution in [0.3, 0.4) is 0 Å². The topological polar surface area (TPSA) is 68.5 Å². The molecule has 0 saturated carbocycles. The lowest BCUT2D eigenvalue weighted by atomic mass is 10.1. The molecular formula is C28H19F3N6. The van der Waals surface area contributed by atoms with E-state index in [1.807, 2.05) is 59.2 Å². The molecule has 0 unspecified atom stereocenters. The molecule has 0 aliphatic carbocycles. The molecule has 6 aromatic rings. The van der Waals surface area contributed by atoms with Crippen LogP contribution >= 0.6 is 0 Å². The second-order valence-electron chi connectivity index (χ2n) is 8.53. The molecule has 0 spiro atoms. The Morgan fingerprint density at radius 1 is 0.784 bits per heavy atom. The molecule has 0 aliphatic rings. The van der Waals surface area contributed by atoms with Crippen LogP contribution in [-0.4, -0.2) is 24.5 Å². The number of pyridine rings is 1. The van der Waals surface area contributed by atoms with Crippen LogP contribution in [0.1, 0.15) is 11.4 Å². The fourth-order valence-electron chi connectivity index (χ4n) is 4.18. The average Bonchev–Trinajstić information content (AvgIpc) is 3.31. The molecule has 37 heavy (non-hydrogen) atoms. The van der Waals surface area contributed by atoms with Crippen molar-refractivity contribution in [1.82, 2.24) is 24.5 Å². The molecule has 182 valence electrons. The van der Waals surface area contributed by atoms with Gasteiger partial charge < -0.3 is 9.88 Å². The highest BCUT2D eigenvalue weighted by Gasteiger charge is 2.30. The summed E-state index contributed by atoms with van der Waals surface area (Å²) in [6.07, 6.45) is -0.922. The molecule has 9 heteroatoms. The number of anilines is 2. The molecule has 0 aliphatic heterocycles. The zero-order chi connectivity index (χ0) is 25.4. The number of hydrogen-bond donors (Lipinski definition) is 1. The van der Waals surface area contributed by atoms with Crippen molar-refractivity contribution in [1.29, 1.82) is 0 Å². The molecule has 6 rings (SSSR count). The van der Waals surface area contributed by atoms with Crippen LogP contribution in [0.4, 0.5) is 24.7 Å². The van der Waals surface area contributed by atoms with Gasteiger partial charge in [0.1, 0.15) is 5.82 Å². The van der Waals surface area contributed by atoms with Crippen LogP contribution in [-0.2, 0) is 12.7 Å². The smallest absolute Gasteiger partial charge is 0.340 e. The molecule has 0 amide bonds. The lowest BCUT2D eigenvalue weighted by Gasteiger charge is -2.12. The Hall–Kier alpha value is -4.79. The number of para-hydroxylation sites is 2. The summed E-state index contributed by atoms with van der Waals surface area (Å²) in [5.74, 6) is 0.987. The highest BCUT2D eigenvalue weighted by atomic mass is 19.4. The Labute approximate surface area is 209 Å². The van der Waals surface area contributed by atoms with Gasteiger partial charge in [-0.05, 0) is 48.5 Å². The third-order valence-electron chi connectivity index (χ3n) is 6.00. The second-order valence-corrected chi connectivity index (χ2v) is 8.53. The zero-order valence-electron chi connectivity index (χ0n) is 19.3. The normalized spacial score (nSPS) is 11.8. The SMILES string of the molecule is FC(F)(F)c1ccc(Nc2cc(-c3ccc4cccnc4c3)nc(Cn3cnc4ccccc43)n2)cc1. The van der Waals surface area contributed by atoms with E-state index in [-0.39, 0.29) is 0 Å². The first-order chi connectivity index (χ1) is 17.9. The summed E-state index contributed by atoms with van der Waals surface area (Å²) in [4.78, 5) is 18.3. The highest BCUT2D eigenvalue weighted by molar-refractivity contribution is 5.83. The van der Waals surface area contributed by atoms with Gasteiger partial charge in [0.25, 0.3) is 0 Å². The van der Waals surface area contributed by atoms with Crippen LogP contribution in [0.5, 0.6) is 0 Å². The summed E-state index contributed by atoms with van der Waals surface area (Å²) in [7, 11) is 0. The Morgan fingerprint density at radius 2 is 1.62 bits per heavy atom. The first-order valence-corrected chi connectivity index (χ1v) is 11.5. The van der Waals surface area contributed by atoms with Gasteiger partial charge in [-0.3, -0.25) is 4.98 Å². The minimum absolute atomic E-state index is 0.363. The molecule has 1 N–H and O–H groups in total. The van der Waals surface area contributed by atoms with Gasteiger partial charge in [-0.2, -0.15) is 13.2 Å². The summed E-state index contributed by atoms with van der Waals surface area (Å²) < 4.78 is 40.9. The average molecular weight is 496 g/mol. The number of aromatic nitrogens is 5. The molecule has 3 heterocycles. The number of imidazole rings is 1. The van der Waals surface area contributed by atoms with Crippen LogP contribution in [0.25, 0.3) is 33.2 Å². The summed E-state index contributed by atoms with van der Waals surface area (Å²) in [5.41, 5.74) is 3.93. The predicted molar refractivity (Wildman–Crippen MR) is 136 cm³/mol. The predicted octanol–water partition coefficient (Wildman–Crippen LogP) is 6.85. The maximum Gasteiger partial charge on any atom is 0.416 e. The number of nitrogens with one attached hydrogen (secondary N) is 1. The lowest BCUT2D eigenvalue weighted by molar-refractivity contribution is -0.137. The van der Waals surface area contributed by atoms with Crippen molar-refractivity contribution >= 4 is 33.4 Å². The number of nitrogens with zero attached hydrogens (tertiary/aromatic N) is 5. The number of hydrogen-bond acceptors (Lipinski definition) is 5. The van der Waals surface area contributed by atoms with Crippen molar-refractivity contribution in [3.05, 3.63) is 109 Å². The summed E-state index contributed by atoms with van der Waals surface area (Å²) in [6, 6.07) is 24.2. The Balaban J connectivity index is 1.40. The minimum Gasteiger partial charge on any atom is -0.340 e. The van der Waals surface area contributed by atoms with Gasteiger partial charge in [0.2, 0.25) is 0 Å². The molecule has 0 radical (unpaired) electrons. The maximum atomic E-state index is 13.0. The number of rotatable bonds is 5. The maximum absolute atomic E-state index is 13.0. The van der Waals surface area contributed by atoms with Gasteiger partial charge in [0.15, 0.2) is 5.82 Å². The zero-order valence-corrected chi connectivity index (χ0v) is 19.3. The first-order valence-electron chi connectivity index (χ1n) is 11.5. The van der Waals surface area contributed by atoms with E-state index in [2.05, 4.69) is 20.3 Å². The summed E-state index contributed by atoms with van der Waals surface area (Å²) in [6.45, 7) is 0.363. The van der Waals surface area contributed by atoms with Gasteiger partial charge in [-0.1, -0.05) is 30.3 Å². The molecule has 3 aromatic carbocycles. The molecule has 3 aromatic heterocycles. The van der Waals surface area contributed by atoms with E-state index in [1.54, 1.807) is 18.6 Å². The van der Waals surface area contributed by atoms with Gasteiger partial charge >= 0.3 is 6.18 Å². The van der Waals surface area contributed by atoms with Gasteiger partial charge in [0.05, 0.1) is 40.7 Å². The van der Waals surface area contributed by atoms with Gasteiger partial charge in [-0.25, -0.2) is 15.0 Å². The second kappa shape index (κ2) is 9.02. The largest absolute Gasteiger partial charge is 0.416 e. The fraction of sp³-hybridized carbons (Fsp3) is 0.0714. The van der Waals surface area contributed by atoms with E-state index in [4.69, 9.17) is 4.98 Å². The Morgan fingerprint density at radius 3 is 2.46 bits per heavy atom. The van der Waals surface area contributed by atoms with Gasteiger partial charge in [-0.15, -0.1) is 0 Å². The molecule has 6 nitrogen and oxygen atoms in total.